The highest BCUT2D eigenvalue weighted by molar-refractivity contribution is 7.46. The van der Waals surface area contributed by atoms with Gasteiger partial charge in [0.2, 0.25) is 29.5 Å². The third-order valence-corrected chi connectivity index (χ3v) is 7.51. The maximum absolute atomic E-state index is 13.7. The summed E-state index contributed by atoms with van der Waals surface area (Å²) in [5.41, 5.74) is 21.9. The van der Waals surface area contributed by atoms with Crippen LogP contribution >= 0.6 is 7.82 Å². The third kappa shape index (κ3) is 15.0. The van der Waals surface area contributed by atoms with Crippen molar-refractivity contribution in [2.24, 2.45) is 32.9 Å². The van der Waals surface area contributed by atoms with Gasteiger partial charge in [-0.3, -0.25) is 38.5 Å². The summed E-state index contributed by atoms with van der Waals surface area (Å²) in [5, 5.41) is 31.6. The first-order valence-electron chi connectivity index (χ1n) is 15.2. The van der Waals surface area contributed by atoms with E-state index in [9.17, 15) is 48.5 Å². The molecule has 17 N–H and O–H groups in total. The smallest absolute Gasteiger partial charge is 0.469 e. The molecule has 0 saturated carbocycles. The predicted molar refractivity (Wildman–Crippen MR) is 176 cm³/mol. The van der Waals surface area contributed by atoms with Crippen LogP contribution in [0.5, 0.6) is 5.75 Å². The summed E-state index contributed by atoms with van der Waals surface area (Å²) in [6.45, 7) is -1.97. The van der Waals surface area contributed by atoms with Crippen LogP contribution in [0.2, 0.25) is 0 Å². The second-order valence-corrected chi connectivity index (χ2v) is 12.3. The average molecular weight is 730 g/mol. The molecule has 1 aliphatic rings. The lowest BCUT2D eigenvalue weighted by atomic mass is 10.0. The monoisotopic (exact) mass is 729 g/mol. The zero-order chi connectivity index (χ0) is 37.4. The molecule has 1 aromatic rings. The van der Waals surface area contributed by atoms with Gasteiger partial charge in [-0.05, 0) is 43.4 Å². The van der Waals surface area contributed by atoms with Gasteiger partial charge in [0.1, 0.15) is 36.0 Å². The number of carbonyl (C=O) groups excluding carboxylic acids is 5. The highest BCUT2D eigenvalue weighted by Gasteiger charge is 2.35. The van der Waals surface area contributed by atoms with E-state index in [0.717, 1.165) is 0 Å². The topological polar surface area (TPSA) is 382 Å². The van der Waals surface area contributed by atoms with Crippen molar-refractivity contribution in [3.05, 3.63) is 29.8 Å². The van der Waals surface area contributed by atoms with Crippen LogP contribution in [0, 0.1) is 0 Å². The van der Waals surface area contributed by atoms with Gasteiger partial charge in [-0.25, -0.2) is 4.57 Å². The van der Waals surface area contributed by atoms with E-state index in [2.05, 4.69) is 41.1 Å². The van der Waals surface area contributed by atoms with Crippen molar-refractivity contribution in [2.45, 2.75) is 62.3 Å². The number of nitrogens with one attached hydrogen (secondary N) is 5. The van der Waals surface area contributed by atoms with Gasteiger partial charge in [0.15, 0.2) is 11.9 Å². The van der Waals surface area contributed by atoms with Crippen molar-refractivity contribution >= 4 is 49.3 Å². The summed E-state index contributed by atoms with van der Waals surface area (Å²) in [6.07, 6.45) is -0.241. The number of aliphatic hydroxyl groups is 1. The molecule has 1 fully saturated rings. The molecule has 23 heteroatoms. The van der Waals surface area contributed by atoms with Crippen LogP contribution in [-0.2, 0) is 39.5 Å². The number of carbonyl (C=O) groups is 5. The largest absolute Gasteiger partial charge is 0.508 e. The number of benzene rings is 1. The zero-order valence-corrected chi connectivity index (χ0v) is 27.8. The van der Waals surface area contributed by atoms with Gasteiger partial charge in [0.05, 0.1) is 13.2 Å². The van der Waals surface area contributed by atoms with E-state index >= 15 is 0 Å². The molecule has 5 amide bonds. The molecule has 1 heterocycles. The summed E-state index contributed by atoms with van der Waals surface area (Å²) in [6, 6.07) is -2.13. The van der Waals surface area contributed by atoms with Crippen LogP contribution in [0.3, 0.4) is 0 Å². The van der Waals surface area contributed by atoms with Crippen LogP contribution in [0.4, 0.5) is 0 Å². The van der Waals surface area contributed by atoms with Crippen LogP contribution in [0.25, 0.3) is 0 Å². The van der Waals surface area contributed by atoms with Crippen molar-refractivity contribution in [3.8, 4) is 5.75 Å². The molecule has 1 saturated heterocycles. The maximum Gasteiger partial charge on any atom is 0.469 e. The number of rotatable bonds is 14. The first-order chi connectivity index (χ1) is 23.5. The van der Waals surface area contributed by atoms with Gasteiger partial charge in [-0.2, -0.15) is 0 Å². The minimum absolute atomic E-state index is 0.0155. The quantitative estimate of drug-likeness (QED) is 0.0368. The summed E-state index contributed by atoms with van der Waals surface area (Å²) < 4.78 is 16.0. The Morgan fingerprint density at radius 1 is 0.680 bits per heavy atom. The van der Waals surface area contributed by atoms with Gasteiger partial charge in [-0.1, -0.05) is 12.1 Å². The molecule has 50 heavy (non-hydrogen) atoms. The molecule has 22 nitrogen and oxygen atoms in total. The Hall–Kier alpha value is -5.02. The molecule has 278 valence electrons. The lowest BCUT2D eigenvalue weighted by molar-refractivity contribution is -0.135. The molecular formula is C27H44N11O11P. The van der Waals surface area contributed by atoms with Gasteiger partial charge in [-0.15, -0.1) is 0 Å². The first-order valence-corrected chi connectivity index (χ1v) is 16.7. The summed E-state index contributed by atoms with van der Waals surface area (Å²) >= 11 is 0. The minimum atomic E-state index is -5.18. The minimum Gasteiger partial charge on any atom is -0.508 e. The van der Waals surface area contributed by atoms with Gasteiger partial charge in [0, 0.05) is 19.5 Å². The maximum atomic E-state index is 13.7. The van der Waals surface area contributed by atoms with Gasteiger partial charge >= 0.3 is 7.82 Å². The van der Waals surface area contributed by atoms with E-state index in [1.54, 1.807) is 0 Å². The summed E-state index contributed by atoms with van der Waals surface area (Å²) in [7, 11) is -5.18. The molecule has 0 bridgehead atoms. The zero-order valence-electron chi connectivity index (χ0n) is 26.9. The average Bonchev–Trinajstić information content (AvgIpc) is 3.03. The molecule has 0 aromatic heterocycles. The summed E-state index contributed by atoms with van der Waals surface area (Å²) in [4.78, 5) is 93.6. The van der Waals surface area contributed by atoms with E-state index in [4.69, 9.17) is 22.9 Å². The lowest BCUT2D eigenvalue weighted by Gasteiger charge is -2.26. The number of aromatic hydroxyl groups is 1. The number of amides is 5. The Bertz CT molecular complexity index is 1450. The number of aliphatic imine (C=N–C) groups is 2. The highest BCUT2D eigenvalue weighted by Crippen LogP contribution is 2.35. The number of phosphoric acid groups is 1. The molecule has 0 aliphatic carbocycles. The Balaban J connectivity index is 2.58. The van der Waals surface area contributed by atoms with Crippen LogP contribution in [0.15, 0.2) is 34.3 Å². The van der Waals surface area contributed by atoms with Crippen LogP contribution in [0.1, 0.15) is 31.2 Å². The molecule has 5 atom stereocenters. The number of nitrogens with two attached hydrogens (primary N) is 4. The number of nitrogens with zero attached hydrogens (tertiary/aromatic N) is 2. The second kappa shape index (κ2) is 19.8. The number of hydrogen-bond donors (Lipinski definition) is 13. The van der Waals surface area contributed by atoms with E-state index in [1.807, 2.05) is 0 Å². The van der Waals surface area contributed by atoms with E-state index in [0.29, 0.717) is 5.56 Å². The summed E-state index contributed by atoms with van der Waals surface area (Å²) in [5.74, 6) is -5.58. The Morgan fingerprint density at radius 2 is 1.08 bits per heavy atom. The molecular weight excluding hydrogens is 685 g/mol. The van der Waals surface area contributed by atoms with E-state index < -0.39 is 80.8 Å². The van der Waals surface area contributed by atoms with Crippen molar-refractivity contribution in [2.75, 3.05) is 26.3 Å². The first kappa shape index (κ1) is 41.2. The number of guanidine groups is 2. The number of hydrogen-bond acceptors (Lipinski definition) is 11. The van der Waals surface area contributed by atoms with Crippen molar-refractivity contribution in [1.82, 2.24) is 26.6 Å². The van der Waals surface area contributed by atoms with Crippen molar-refractivity contribution < 1.29 is 53.1 Å². The molecule has 1 aromatic carbocycles. The number of phenols is 1. The molecule has 0 radical (unpaired) electrons. The highest BCUT2D eigenvalue weighted by atomic mass is 31.2. The third-order valence-electron chi connectivity index (χ3n) is 7.02. The normalized spacial score (nSPS) is 22.4. The van der Waals surface area contributed by atoms with Crippen molar-refractivity contribution in [3.63, 3.8) is 0 Å². The number of phenolic OH excluding ortho intramolecular Hbond substituents is 1. The van der Waals surface area contributed by atoms with E-state index in [-0.39, 0.29) is 62.9 Å². The van der Waals surface area contributed by atoms with Crippen LogP contribution in [-0.4, -0.2) is 118 Å². The molecule has 2 rings (SSSR count). The molecule has 0 unspecified atom stereocenters. The Morgan fingerprint density at radius 3 is 1.54 bits per heavy atom. The Kier molecular flexibility index (Phi) is 16.3. The van der Waals surface area contributed by atoms with E-state index in [1.165, 1.54) is 24.3 Å². The molecule has 0 spiro atoms. The van der Waals surface area contributed by atoms with Crippen molar-refractivity contribution in [1.29, 1.82) is 0 Å². The second-order valence-electron chi connectivity index (χ2n) is 11.0. The fraction of sp³-hybridized carbons (Fsp3) is 0.519. The fourth-order valence-electron chi connectivity index (χ4n) is 4.53. The Labute approximate surface area is 286 Å². The predicted octanol–water partition coefficient (Wildman–Crippen LogP) is -5.42. The van der Waals surface area contributed by atoms with Gasteiger partial charge in [0.25, 0.3) is 0 Å². The number of aliphatic hydroxyl groups excluding tert-OH is 1. The number of phosphoric ester groups is 1. The fourth-order valence-corrected chi connectivity index (χ4v) is 4.88. The van der Waals surface area contributed by atoms with Crippen LogP contribution < -0.4 is 49.5 Å². The molecule has 1 aliphatic heterocycles. The SMILES string of the molecule is NC(N)=NCCC[C@@H]1NC(=O)[C@H](COP(=O)(O)O)NC(=O)[C@H](CCCN=C(N)N)NC(=O)[C@H](Cc2ccc(O)cc2)NC(=O)[C@H](CO)NC1=O. The lowest BCUT2D eigenvalue weighted by Crippen LogP contribution is -2.59. The van der Waals surface area contributed by atoms with Gasteiger partial charge < -0.3 is 69.5 Å². The standard InChI is InChI=1S/C27H44N11O11P/c28-26(29)32-9-1-3-16-21(41)37-19(12-39)24(44)36-18(11-14-5-7-15(40)8-6-14)23(43)34-17(4-2-10-33-27(30)31)22(42)38-20(25(45)35-16)13-49-50(46,47)48/h5-8,16-20,39-40H,1-4,9-13H2,(H,34,43)(H,35,45)(H,36,44)(H,37,41)(H,38,42)(H4,28,29,32)(H4,30,31,33)(H2,46,47,48)/t16-,17-,18-,19-,20-/m0/s1.